The summed E-state index contributed by atoms with van der Waals surface area (Å²) >= 11 is 0. The summed E-state index contributed by atoms with van der Waals surface area (Å²) in [5.74, 6) is 0.256. The van der Waals surface area contributed by atoms with Crippen LogP contribution >= 0.6 is 0 Å². The number of aryl methyl sites for hydroxylation is 3. The summed E-state index contributed by atoms with van der Waals surface area (Å²) in [6.07, 6.45) is -0.494. The van der Waals surface area contributed by atoms with Crippen LogP contribution < -0.4 is 18.9 Å². The Bertz CT molecular complexity index is 2460. The standard InChI is InChI=1S/C13H10F3N2O.C13H13N2O2.C12H9F2N2O.3C5H12O2.3Ir/c1-8-7-17-11(12(18-8)19-2)9-3-5-10(6-4-9)13(14,15)16;1-9-8-14-12(13(15-9)17-3)10-4-6-11(16-2)7-5-10;1-7-6-15-11(12(16-7)17-2)8-3-9(13)5-10(14)4-8;3*1-4(6)3-5(2)7;;;/h3,5-7H,1-2H3;4,6-8H,1-3H3;3,5-6H,1-2H3;3*4-7H,3H2,1-2H3;;;/q3*-1;;;;;;. The third-order valence-corrected chi connectivity index (χ3v) is 8.94. The van der Waals surface area contributed by atoms with E-state index < -0.39 is 23.4 Å². The van der Waals surface area contributed by atoms with Crippen molar-refractivity contribution in [1.82, 2.24) is 29.9 Å². The molecule has 0 spiro atoms. The number of rotatable bonds is 13. The van der Waals surface area contributed by atoms with Gasteiger partial charge < -0.3 is 49.6 Å². The molecule has 24 heteroatoms. The second kappa shape index (κ2) is 39.8. The molecule has 77 heavy (non-hydrogen) atoms. The molecule has 3 aromatic carbocycles. The molecule has 6 unspecified atom stereocenters. The molecule has 6 rings (SSSR count). The van der Waals surface area contributed by atoms with Crippen LogP contribution in [-0.2, 0) is 66.5 Å². The van der Waals surface area contributed by atoms with Crippen molar-refractivity contribution in [2.75, 3.05) is 28.4 Å². The molecule has 3 aromatic heterocycles. The third-order valence-electron chi connectivity index (χ3n) is 8.94. The van der Waals surface area contributed by atoms with Gasteiger partial charge in [-0.3, -0.25) is 15.0 Å². The Hall–Kier alpha value is -4.54. The molecular formula is C53H68F5Ir3N6O10-3. The molecule has 3 radical (unpaired) electrons. The Morgan fingerprint density at radius 2 is 0.831 bits per heavy atom. The second-order valence-electron chi connectivity index (χ2n) is 16.6. The normalized spacial score (nSPS) is 12.5. The van der Waals surface area contributed by atoms with Crippen LogP contribution in [0, 0.1) is 50.6 Å². The average molecular weight is 1620 g/mol. The van der Waals surface area contributed by atoms with Crippen molar-refractivity contribution in [3.05, 3.63) is 120 Å². The number of aromatic nitrogens is 6. The largest absolute Gasteiger partial charge is 0.540 e. The summed E-state index contributed by atoms with van der Waals surface area (Å²) in [5.41, 5.74) is 4.09. The first kappa shape index (κ1) is 76.7. The number of aliphatic hydroxyl groups excluding tert-OH is 6. The van der Waals surface area contributed by atoms with Crippen LogP contribution in [-0.4, -0.2) is 126 Å². The van der Waals surface area contributed by atoms with Crippen molar-refractivity contribution in [2.45, 2.75) is 124 Å². The molecule has 435 valence electrons. The molecule has 6 N–H and O–H groups in total. The second-order valence-corrected chi connectivity index (χ2v) is 16.6. The fourth-order valence-corrected chi connectivity index (χ4v) is 5.89. The van der Waals surface area contributed by atoms with Crippen molar-refractivity contribution in [3.63, 3.8) is 0 Å². The number of methoxy groups -OCH3 is 4. The summed E-state index contributed by atoms with van der Waals surface area (Å²) in [6.45, 7) is 15.3. The molecule has 16 nitrogen and oxygen atoms in total. The van der Waals surface area contributed by atoms with E-state index >= 15 is 0 Å². The van der Waals surface area contributed by atoms with Crippen LogP contribution in [0.5, 0.6) is 23.4 Å². The van der Waals surface area contributed by atoms with Gasteiger partial charge in [-0.1, -0.05) is 6.07 Å². The third kappa shape index (κ3) is 31.6. The first-order chi connectivity index (χ1) is 34.6. The Kier molecular flexibility index (Phi) is 39.6. The molecule has 0 saturated heterocycles. The van der Waals surface area contributed by atoms with E-state index in [1.165, 1.54) is 32.7 Å². The number of ether oxygens (including phenoxy) is 4. The molecule has 0 aliphatic heterocycles. The predicted molar refractivity (Wildman–Crippen MR) is 268 cm³/mol. The Balaban J connectivity index is -0.000000889. The fourth-order valence-electron chi connectivity index (χ4n) is 5.89. The first-order valence-corrected chi connectivity index (χ1v) is 22.9. The Labute approximate surface area is 488 Å². The smallest absolute Gasteiger partial charge is 0.381 e. The summed E-state index contributed by atoms with van der Waals surface area (Å²) < 4.78 is 83.8. The van der Waals surface area contributed by atoms with Crippen LogP contribution in [0.4, 0.5) is 22.0 Å². The molecule has 0 amide bonds. The maximum absolute atomic E-state index is 13.1. The van der Waals surface area contributed by atoms with Crippen molar-refractivity contribution in [3.8, 4) is 57.2 Å². The monoisotopic (exact) mass is 1620 g/mol. The van der Waals surface area contributed by atoms with Crippen molar-refractivity contribution in [2.24, 2.45) is 0 Å². The predicted octanol–water partition coefficient (Wildman–Crippen LogP) is 8.49. The molecule has 0 aliphatic rings. The zero-order valence-corrected chi connectivity index (χ0v) is 52.0. The van der Waals surface area contributed by atoms with Crippen LogP contribution in [0.25, 0.3) is 33.8 Å². The number of aliphatic hydroxyl groups is 6. The summed E-state index contributed by atoms with van der Waals surface area (Å²) in [6, 6.07) is 18.5. The molecular weight excluding hydrogens is 1550 g/mol. The number of alkyl halides is 3. The molecule has 0 fully saturated rings. The molecule has 6 aromatic rings. The number of hydrogen-bond donors (Lipinski definition) is 6. The van der Waals surface area contributed by atoms with Gasteiger partial charge in [0.15, 0.2) is 17.6 Å². The van der Waals surface area contributed by atoms with Gasteiger partial charge in [-0.2, -0.15) is 13.2 Å². The van der Waals surface area contributed by atoms with Crippen LogP contribution in [0.15, 0.2) is 67.1 Å². The molecule has 3 heterocycles. The average Bonchev–Trinajstić information content (AvgIpc) is 3.30. The molecule has 0 bridgehead atoms. The topological polar surface area (TPSA) is 236 Å². The van der Waals surface area contributed by atoms with E-state index in [1.807, 2.05) is 19.1 Å². The van der Waals surface area contributed by atoms with Gasteiger partial charge in [-0.05, 0) is 87.1 Å². The first-order valence-electron chi connectivity index (χ1n) is 22.9. The minimum absolute atomic E-state index is 0. The van der Waals surface area contributed by atoms with Crippen LogP contribution in [0.1, 0.15) is 83.5 Å². The SMILES string of the molecule is CC(O)CC(C)O.CC(O)CC(C)O.CC(O)CC(C)O.COc1c[c-]c(-c2ncc(C)nc2OC)cc1.COc1nc(C)cnc1-c1[c-]c(F)cc(F)c1.COc1nc(C)cnc1-c1[c-]cc(C(F)(F)F)cc1.[Ir].[Ir].[Ir]. The zero-order valence-electron chi connectivity index (χ0n) is 44.8. The summed E-state index contributed by atoms with van der Waals surface area (Å²) in [5, 5.41) is 51.4. The number of halogens is 5. The van der Waals surface area contributed by atoms with Gasteiger partial charge in [0.1, 0.15) is 0 Å². The molecule has 6 atom stereocenters. The zero-order chi connectivity index (χ0) is 56.3. The summed E-state index contributed by atoms with van der Waals surface area (Å²) in [4.78, 5) is 24.9. The van der Waals surface area contributed by atoms with Gasteiger partial charge >= 0.3 is 6.18 Å². The van der Waals surface area contributed by atoms with E-state index in [1.54, 1.807) is 81.9 Å². The quantitative estimate of drug-likeness (QED) is 0.0470. The van der Waals surface area contributed by atoms with Crippen molar-refractivity contribution in [1.29, 1.82) is 0 Å². The fraction of sp³-hybridized carbons (Fsp3) is 0.434. The van der Waals surface area contributed by atoms with Gasteiger partial charge in [0.05, 0.1) is 82.1 Å². The number of hydrogen-bond acceptors (Lipinski definition) is 16. The number of benzene rings is 3. The van der Waals surface area contributed by atoms with E-state index in [4.69, 9.17) is 49.6 Å². The van der Waals surface area contributed by atoms with Crippen LogP contribution in [0.2, 0.25) is 0 Å². The van der Waals surface area contributed by atoms with Crippen LogP contribution in [0.3, 0.4) is 0 Å². The van der Waals surface area contributed by atoms with Gasteiger partial charge in [-0.15, -0.1) is 77.4 Å². The van der Waals surface area contributed by atoms with Gasteiger partial charge in [0.25, 0.3) is 0 Å². The minimum atomic E-state index is -4.38. The van der Waals surface area contributed by atoms with E-state index in [9.17, 15) is 22.0 Å². The summed E-state index contributed by atoms with van der Waals surface area (Å²) in [7, 11) is 6.05. The number of nitrogens with zero attached hydrogens (tertiary/aromatic N) is 6. The maximum atomic E-state index is 13.1. The van der Waals surface area contributed by atoms with Gasteiger partial charge in [0.2, 0.25) is 0 Å². The van der Waals surface area contributed by atoms with Gasteiger partial charge in [-0.25, -0.2) is 23.7 Å². The van der Waals surface area contributed by atoms with Crippen molar-refractivity contribution < 1.29 is 132 Å². The molecule has 0 aliphatic carbocycles. The van der Waals surface area contributed by atoms with Crippen molar-refractivity contribution >= 4 is 0 Å². The molecule has 0 saturated carbocycles. The van der Waals surface area contributed by atoms with E-state index in [-0.39, 0.29) is 120 Å². The van der Waals surface area contributed by atoms with E-state index in [2.05, 4.69) is 48.1 Å². The van der Waals surface area contributed by atoms with Gasteiger partial charge in [0, 0.05) is 113 Å². The Morgan fingerprint density at radius 1 is 0.494 bits per heavy atom. The van der Waals surface area contributed by atoms with E-state index in [0.717, 1.165) is 41.3 Å². The maximum Gasteiger partial charge on any atom is 0.381 e. The van der Waals surface area contributed by atoms with E-state index in [0.29, 0.717) is 53.5 Å². The minimum Gasteiger partial charge on any atom is -0.540 e. The Morgan fingerprint density at radius 3 is 1.08 bits per heavy atom.